The van der Waals surface area contributed by atoms with Crippen LogP contribution in [0.2, 0.25) is 0 Å². The first kappa shape index (κ1) is 18.9. The summed E-state index contributed by atoms with van der Waals surface area (Å²) in [5.74, 6) is 0.695. The average Bonchev–Trinajstić information content (AvgIpc) is 3.34. The van der Waals surface area contributed by atoms with Crippen molar-refractivity contribution < 1.29 is 14.3 Å². The Morgan fingerprint density at radius 3 is 2.77 bits per heavy atom. The molecule has 1 aliphatic rings. The lowest BCUT2D eigenvalue weighted by Gasteiger charge is -2.23. The highest BCUT2D eigenvalue weighted by Crippen LogP contribution is 2.22. The summed E-state index contributed by atoms with van der Waals surface area (Å²) in [5, 5.41) is 5.09. The number of thiophene rings is 1. The summed E-state index contributed by atoms with van der Waals surface area (Å²) < 4.78 is 11.3. The second kappa shape index (κ2) is 9.16. The molecule has 0 bridgehead atoms. The van der Waals surface area contributed by atoms with Crippen LogP contribution in [-0.2, 0) is 4.74 Å². The van der Waals surface area contributed by atoms with Gasteiger partial charge in [0.15, 0.2) is 0 Å². The summed E-state index contributed by atoms with van der Waals surface area (Å²) in [4.78, 5) is 15.8. The Kier molecular flexibility index (Phi) is 6.66. The predicted molar refractivity (Wildman–Crippen MR) is 104 cm³/mol. The highest BCUT2D eigenvalue weighted by atomic mass is 32.1. The molecular weight excluding hydrogens is 348 g/mol. The summed E-state index contributed by atoms with van der Waals surface area (Å²) in [7, 11) is 4.05. The molecular formula is C20H26N2O3S. The topological polar surface area (TPSA) is 50.8 Å². The molecule has 140 valence electrons. The lowest BCUT2D eigenvalue weighted by atomic mass is 10.2. The SMILES string of the molecule is CN(C)[C@@H](CNC(=O)c1ccc(OC[C@H]2CCCO2)cc1)c1cccs1. The monoisotopic (exact) mass is 374 g/mol. The molecule has 1 amide bonds. The van der Waals surface area contributed by atoms with E-state index in [0.717, 1.165) is 25.2 Å². The molecule has 26 heavy (non-hydrogen) atoms. The van der Waals surface area contributed by atoms with Crippen molar-refractivity contribution in [2.75, 3.05) is 33.9 Å². The second-order valence-corrected chi connectivity index (χ2v) is 7.65. The largest absolute Gasteiger partial charge is 0.491 e. The molecule has 1 aromatic heterocycles. The highest BCUT2D eigenvalue weighted by Gasteiger charge is 2.18. The summed E-state index contributed by atoms with van der Waals surface area (Å²) in [6.07, 6.45) is 2.35. The first-order chi connectivity index (χ1) is 12.6. The molecule has 1 fully saturated rings. The van der Waals surface area contributed by atoms with Gasteiger partial charge in [-0.15, -0.1) is 11.3 Å². The summed E-state index contributed by atoms with van der Waals surface area (Å²) in [5.41, 5.74) is 0.637. The third-order valence-electron chi connectivity index (χ3n) is 4.53. The number of amides is 1. The third-order valence-corrected chi connectivity index (χ3v) is 5.50. The van der Waals surface area contributed by atoms with E-state index in [1.807, 2.05) is 32.3 Å². The van der Waals surface area contributed by atoms with Crippen LogP contribution < -0.4 is 10.1 Å². The van der Waals surface area contributed by atoms with Crippen molar-refractivity contribution in [3.8, 4) is 5.75 Å². The quantitative estimate of drug-likeness (QED) is 0.770. The average molecular weight is 375 g/mol. The Balaban J connectivity index is 1.50. The molecule has 0 spiro atoms. The van der Waals surface area contributed by atoms with Crippen LogP contribution in [0.3, 0.4) is 0 Å². The van der Waals surface area contributed by atoms with Gasteiger partial charge < -0.3 is 19.7 Å². The zero-order chi connectivity index (χ0) is 18.4. The molecule has 1 aromatic carbocycles. The van der Waals surface area contributed by atoms with Gasteiger partial charge in [-0.25, -0.2) is 0 Å². The van der Waals surface area contributed by atoms with Crippen LogP contribution >= 0.6 is 11.3 Å². The Hall–Kier alpha value is -1.89. The molecule has 2 heterocycles. The third kappa shape index (κ3) is 5.06. The number of carbonyl (C=O) groups excluding carboxylic acids is 1. The maximum atomic E-state index is 12.4. The summed E-state index contributed by atoms with van der Waals surface area (Å²) in [6, 6.07) is 11.6. The fourth-order valence-electron chi connectivity index (χ4n) is 2.98. The number of nitrogens with zero attached hydrogens (tertiary/aromatic N) is 1. The fraction of sp³-hybridized carbons (Fsp3) is 0.450. The van der Waals surface area contributed by atoms with Crippen molar-refractivity contribution in [1.29, 1.82) is 0 Å². The molecule has 1 aliphatic heterocycles. The van der Waals surface area contributed by atoms with Crippen LogP contribution in [0.4, 0.5) is 0 Å². The van der Waals surface area contributed by atoms with E-state index in [0.29, 0.717) is 18.7 Å². The van der Waals surface area contributed by atoms with Crippen molar-refractivity contribution >= 4 is 17.2 Å². The molecule has 6 heteroatoms. The normalized spacial score (nSPS) is 18.0. The number of nitrogens with one attached hydrogen (secondary N) is 1. The van der Waals surface area contributed by atoms with Gasteiger partial charge in [-0.1, -0.05) is 6.07 Å². The number of likely N-dealkylation sites (N-methyl/N-ethyl adjacent to an activating group) is 1. The number of hydrogen-bond donors (Lipinski definition) is 1. The van der Waals surface area contributed by atoms with E-state index >= 15 is 0 Å². The van der Waals surface area contributed by atoms with Crippen LogP contribution in [0.25, 0.3) is 0 Å². The maximum absolute atomic E-state index is 12.4. The van der Waals surface area contributed by atoms with Gasteiger partial charge >= 0.3 is 0 Å². The Bertz CT molecular complexity index is 680. The molecule has 1 saturated heterocycles. The lowest BCUT2D eigenvalue weighted by Crippen LogP contribution is -2.34. The molecule has 2 aromatic rings. The molecule has 0 radical (unpaired) electrons. The zero-order valence-electron chi connectivity index (χ0n) is 15.3. The van der Waals surface area contributed by atoms with Gasteiger partial charge in [-0.05, 0) is 62.6 Å². The fourth-order valence-corrected chi connectivity index (χ4v) is 3.90. The standard InChI is InChI=1S/C20H26N2O3S/c1-22(2)18(19-6-4-12-26-19)13-21-20(23)15-7-9-16(10-8-15)25-14-17-5-3-11-24-17/h4,6-10,12,17-18H,3,5,11,13-14H2,1-2H3,(H,21,23)/t17-,18+/m1/s1. The van der Waals surface area contributed by atoms with E-state index in [2.05, 4.69) is 21.7 Å². The number of rotatable bonds is 8. The first-order valence-electron chi connectivity index (χ1n) is 8.96. The van der Waals surface area contributed by atoms with Crippen molar-refractivity contribution in [3.63, 3.8) is 0 Å². The van der Waals surface area contributed by atoms with Gasteiger partial charge in [-0.2, -0.15) is 0 Å². The van der Waals surface area contributed by atoms with Crippen molar-refractivity contribution in [2.24, 2.45) is 0 Å². The van der Waals surface area contributed by atoms with Gasteiger partial charge in [0.1, 0.15) is 12.4 Å². The first-order valence-corrected chi connectivity index (χ1v) is 9.84. The Morgan fingerprint density at radius 1 is 1.35 bits per heavy atom. The summed E-state index contributed by atoms with van der Waals surface area (Å²) in [6.45, 7) is 1.97. The molecule has 0 aliphatic carbocycles. The van der Waals surface area contributed by atoms with Crippen LogP contribution in [-0.4, -0.2) is 50.8 Å². The second-order valence-electron chi connectivity index (χ2n) is 6.68. The van der Waals surface area contributed by atoms with Crippen LogP contribution in [0.5, 0.6) is 5.75 Å². The van der Waals surface area contributed by atoms with Crippen LogP contribution in [0, 0.1) is 0 Å². The molecule has 1 N–H and O–H groups in total. The van der Waals surface area contributed by atoms with Crippen LogP contribution in [0.1, 0.15) is 34.1 Å². The predicted octanol–water partition coefficient (Wildman–Crippen LogP) is 3.34. The van der Waals surface area contributed by atoms with E-state index in [4.69, 9.17) is 9.47 Å². The minimum Gasteiger partial charge on any atom is -0.491 e. The number of ether oxygens (including phenoxy) is 2. The number of hydrogen-bond acceptors (Lipinski definition) is 5. The van der Waals surface area contributed by atoms with Gasteiger partial charge in [0.2, 0.25) is 0 Å². The smallest absolute Gasteiger partial charge is 0.251 e. The highest BCUT2D eigenvalue weighted by molar-refractivity contribution is 7.10. The van der Waals surface area contributed by atoms with Crippen molar-refractivity contribution in [3.05, 3.63) is 52.2 Å². The van der Waals surface area contributed by atoms with Crippen molar-refractivity contribution in [2.45, 2.75) is 25.0 Å². The zero-order valence-corrected chi connectivity index (χ0v) is 16.1. The van der Waals surface area contributed by atoms with Crippen LogP contribution in [0.15, 0.2) is 41.8 Å². The molecule has 0 saturated carbocycles. The lowest BCUT2D eigenvalue weighted by molar-refractivity contribution is 0.0679. The van der Waals surface area contributed by atoms with Gasteiger partial charge in [0.05, 0.1) is 12.1 Å². The number of carbonyl (C=O) groups is 1. The maximum Gasteiger partial charge on any atom is 0.251 e. The Labute approximate surface area is 158 Å². The minimum absolute atomic E-state index is 0.0703. The Morgan fingerprint density at radius 2 is 2.15 bits per heavy atom. The van der Waals surface area contributed by atoms with E-state index in [-0.39, 0.29) is 18.1 Å². The molecule has 0 unspecified atom stereocenters. The van der Waals surface area contributed by atoms with Crippen molar-refractivity contribution in [1.82, 2.24) is 10.2 Å². The van der Waals surface area contributed by atoms with E-state index in [9.17, 15) is 4.79 Å². The van der Waals surface area contributed by atoms with Gasteiger partial charge in [0, 0.05) is 23.6 Å². The minimum atomic E-state index is -0.0703. The molecule has 2 atom stereocenters. The number of benzene rings is 1. The molecule has 3 rings (SSSR count). The van der Waals surface area contributed by atoms with Gasteiger partial charge in [0.25, 0.3) is 5.91 Å². The summed E-state index contributed by atoms with van der Waals surface area (Å²) >= 11 is 1.70. The van der Waals surface area contributed by atoms with E-state index < -0.39 is 0 Å². The van der Waals surface area contributed by atoms with E-state index in [1.165, 1.54) is 4.88 Å². The molecule has 5 nitrogen and oxygen atoms in total. The van der Waals surface area contributed by atoms with E-state index in [1.54, 1.807) is 23.5 Å². The van der Waals surface area contributed by atoms with Gasteiger partial charge in [-0.3, -0.25) is 4.79 Å².